The van der Waals surface area contributed by atoms with Gasteiger partial charge in [0.2, 0.25) is 0 Å². The van der Waals surface area contributed by atoms with E-state index in [1.165, 1.54) is 128 Å². The molecule has 0 aromatic rings. The van der Waals surface area contributed by atoms with Gasteiger partial charge in [-0.3, -0.25) is 0 Å². The Kier molecular flexibility index (Phi) is 32.3. The van der Waals surface area contributed by atoms with Gasteiger partial charge in [0.05, 0.1) is 0 Å². The Morgan fingerprint density at radius 3 is 0.688 bits per heavy atom. The minimum atomic E-state index is -1.06. The summed E-state index contributed by atoms with van der Waals surface area (Å²) in [7, 11) is 0. The normalized spacial score (nSPS) is 22.9. The molecule has 1 saturated carbocycles. The lowest BCUT2D eigenvalue weighted by Gasteiger charge is -2.47. The molecule has 0 bridgehead atoms. The third-order valence-corrected chi connectivity index (χ3v) is 10.2. The third-order valence-electron chi connectivity index (χ3n) is 10.2. The van der Waals surface area contributed by atoms with E-state index in [2.05, 4.69) is 27.7 Å². The monoisotopic (exact) mass is 685 g/mol. The Morgan fingerprint density at radius 1 is 0.271 bits per heavy atom. The minimum absolute atomic E-state index is 0.461. The Bertz CT molecular complexity index is 594. The van der Waals surface area contributed by atoms with Crippen LogP contribution in [-0.4, -0.2) is 73.3 Å². The molecule has 288 valence electrons. The first-order valence-electron chi connectivity index (χ1n) is 21.4. The van der Waals surface area contributed by atoms with Gasteiger partial charge >= 0.3 is 0 Å². The molecular formula is C42H84O6. The van der Waals surface area contributed by atoms with Gasteiger partial charge in [0, 0.05) is 26.4 Å². The molecule has 0 unspecified atom stereocenters. The molecule has 0 aliphatic heterocycles. The van der Waals surface area contributed by atoms with Crippen LogP contribution in [0.4, 0.5) is 0 Å². The van der Waals surface area contributed by atoms with Gasteiger partial charge in [0.1, 0.15) is 36.6 Å². The molecule has 0 amide bonds. The molecule has 0 spiro atoms. The summed E-state index contributed by atoms with van der Waals surface area (Å²) in [6.07, 6.45) is 29.7. The third kappa shape index (κ3) is 22.6. The van der Waals surface area contributed by atoms with E-state index in [1.54, 1.807) is 0 Å². The van der Waals surface area contributed by atoms with Crippen LogP contribution in [0.1, 0.15) is 207 Å². The fraction of sp³-hybridized carbons (Fsp3) is 1.00. The molecule has 48 heavy (non-hydrogen) atoms. The van der Waals surface area contributed by atoms with Crippen molar-refractivity contribution in [2.75, 3.05) is 26.4 Å². The van der Waals surface area contributed by atoms with Crippen molar-refractivity contribution in [3.8, 4) is 0 Å². The molecule has 6 atom stereocenters. The minimum Gasteiger partial charge on any atom is -0.387 e. The summed E-state index contributed by atoms with van der Waals surface area (Å²) in [6, 6.07) is 0. The summed E-state index contributed by atoms with van der Waals surface area (Å²) in [5, 5.41) is 22.9. The Morgan fingerprint density at radius 2 is 0.458 bits per heavy atom. The van der Waals surface area contributed by atoms with Gasteiger partial charge in [-0.1, -0.05) is 182 Å². The van der Waals surface area contributed by atoms with E-state index in [4.69, 9.17) is 18.9 Å². The molecule has 0 aromatic carbocycles. The van der Waals surface area contributed by atoms with Crippen molar-refractivity contribution in [2.45, 2.75) is 244 Å². The lowest BCUT2D eigenvalue weighted by atomic mass is 9.84. The Balaban J connectivity index is 2.88. The van der Waals surface area contributed by atoms with Crippen LogP contribution >= 0.6 is 0 Å². The number of unbranched alkanes of at least 4 members (excludes halogenated alkanes) is 24. The molecule has 6 heteroatoms. The second-order valence-electron chi connectivity index (χ2n) is 14.8. The van der Waals surface area contributed by atoms with E-state index in [0.29, 0.717) is 26.4 Å². The molecule has 0 saturated heterocycles. The first-order chi connectivity index (χ1) is 23.6. The standard InChI is InChI=1S/C42H84O6/c1-5-9-13-17-21-25-29-33-45-39-37(43)38(44)40(46-34-30-26-22-18-14-10-6-2)42(48-36-32-28-24-20-16-12-8-4)41(39)47-35-31-27-23-19-15-11-7-3/h37-44H,5-36H2,1-4H3/t37-,38+,39-,40-,41+,42+/m1/s1. The highest BCUT2D eigenvalue weighted by molar-refractivity contribution is 5.02. The summed E-state index contributed by atoms with van der Waals surface area (Å²) in [5.41, 5.74) is 0. The molecule has 1 rings (SSSR count). The van der Waals surface area contributed by atoms with Crippen LogP contribution in [0.3, 0.4) is 0 Å². The maximum Gasteiger partial charge on any atom is 0.115 e. The van der Waals surface area contributed by atoms with E-state index in [-0.39, 0.29) is 0 Å². The van der Waals surface area contributed by atoms with E-state index in [0.717, 1.165) is 51.4 Å². The van der Waals surface area contributed by atoms with E-state index in [9.17, 15) is 10.2 Å². The fourth-order valence-electron chi connectivity index (χ4n) is 7.03. The van der Waals surface area contributed by atoms with Gasteiger partial charge in [0.15, 0.2) is 0 Å². The molecule has 0 aromatic heterocycles. The maximum absolute atomic E-state index is 11.5. The van der Waals surface area contributed by atoms with Crippen molar-refractivity contribution in [1.82, 2.24) is 0 Å². The van der Waals surface area contributed by atoms with Crippen molar-refractivity contribution in [3.05, 3.63) is 0 Å². The van der Waals surface area contributed by atoms with Gasteiger partial charge < -0.3 is 29.2 Å². The molecule has 6 nitrogen and oxygen atoms in total. The van der Waals surface area contributed by atoms with E-state index >= 15 is 0 Å². The summed E-state index contributed by atoms with van der Waals surface area (Å²) in [5.74, 6) is 0. The molecule has 2 N–H and O–H groups in total. The number of rotatable bonds is 36. The number of aliphatic hydroxyl groups excluding tert-OH is 2. The van der Waals surface area contributed by atoms with Crippen molar-refractivity contribution in [3.63, 3.8) is 0 Å². The summed E-state index contributed by atoms with van der Waals surface area (Å²) >= 11 is 0. The highest BCUT2D eigenvalue weighted by Gasteiger charge is 2.52. The highest BCUT2D eigenvalue weighted by Crippen LogP contribution is 2.31. The summed E-state index contributed by atoms with van der Waals surface area (Å²) in [6.45, 7) is 11.4. The van der Waals surface area contributed by atoms with Crippen LogP contribution < -0.4 is 0 Å². The molecule has 1 aliphatic rings. The molecule has 1 fully saturated rings. The molecule has 0 heterocycles. The van der Waals surface area contributed by atoms with Gasteiger partial charge in [-0.25, -0.2) is 0 Å². The number of hydrogen-bond donors (Lipinski definition) is 2. The first-order valence-corrected chi connectivity index (χ1v) is 21.4. The zero-order valence-electron chi connectivity index (χ0n) is 32.6. The maximum atomic E-state index is 11.5. The SMILES string of the molecule is CCCCCCCCCO[C@@H]1[C@@H](OCCCCCCCCC)[C@H](OCCCCCCCCC)[C@@H](O)[C@@H](O)[C@H]1OCCCCCCCCC. The van der Waals surface area contributed by atoms with Crippen LogP contribution in [0.5, 0.6) is 0 Å². The van der Waals surface area contributed by atoms with Gasteiger partial charge in [-0.05, 0) is 25.7 Å². The molecule has 0 radical (unpaired) electrons. The quantitative estimate of drug-likeness (QED) is 0.0640. The predicted octanol–water partition coefficient (Wildman–Crippen LogP) is 11.3. The highest BCUT2D eigenvalue weighted by atomic mass is 16.6. The van der Waals surface area contributed by atoms with Crippen LogP contribution in [0.2, 0.25) is 0 Å². The van der Waals surface area contributed by atoms with Crippen LogP contribution in [0.25, 0.3) is 0 Å². The average Bonchev–Trinajstić information content (AvgIpc) is 3.09. The predicted molar refractivity (Wildman–Crippen MR) is 203 cm³/mol. The van der Waals surface area contributed by atoms with E-state index < -0.39 is 36.6 Å². The van der Waals surface area contributed by atoms with Crippen LogP contribution in [0.15, 0.2) is 0 Å². The largest absolute Gasteiger partial charge is 0.387 e. The summed E-state index contributed by atoms with van der Waals surface area (Å²) in [4.78, 5) is 0. The van der Waals surface area contributed by atoms with Crippen LogP contribution in [-0.2, 0) is 18.9 Å². The second-order valence-corrected chi connectivity index (χ2v) is 14.8. The average molecular weight is 685 g/mol. The Hall–Kier alpha value is -0.240. The van der Waals surface area contributed by atoms with E-state index in [1.807, 2.05) is 0 Å². The molecular weight excluding hydrogens is 600 g/mol. The number of ether oxygens (including phenoxy) is 4. The number of hydrogen-bond acceptors (Lipinski definition) is 6. The fourth-order valence-corrected chi connectivity index (χ4v) is 7.03. The zero-order valence-corrected chi connectivity index (χ0v) is 32.6. The van der Waals surface area contributed by atoms with Gasteiger partial charge in [-0.15, -0.1) is 0 Å². The van der Waals surface area contributed by atoms with Crippen molar-refractivity contribution in [2.24, 2.45) is 0 Å². The number of aliphatic hydroxyl groups is 2. The lowest BCUT2D eigenvalue weighted by Crippen LogP contribution is -2.66. The van der Waals surface area contributed by atoms with Crippen molar-refractivity contribution in [1.29, 1.82) is 0 Å². The molecule has 1 aliphatic carbocycles. The van der Waals surface area contributed by atoms with Crippen LogP contribution in [0, 0.1) is 0 Å². The zero-order chi connectivity index (χ0) is 34.9. The lowest BCUT2D eigenvalue weighted by molar-refractivity contribution is -0.266. The smallest absolute Gasteiger partial charge is 0.115 e. The first kappa shape index (κ1) is 45.8. The Labute approximate surface area is 299 Å². The van der Waals surface area contributed by atoms with Gasteiger partial charge in [-0.2, -0.15) is 0 Å². The summed E-state index contributed by atoms with van der Waals surface area (Å²) < 4.78 is 26.0. The second kappa shape index (κ2) is 33.9. The van der Waals surface area contributed by atoms with Crippen molar-refractivity contribution >= 4 is 0 Å². The van der Waals surface area contributed by atoms with Gasteiger partial charge in [0.25, 0.3) is 0 Å². The van der Waals surface area contributed by atoms with Crippen molar-refractivity contribution < 1.29 is 29.2 Å². The topological polar surface area (TPSA) is 77.4 Å².